The molecule has 0 saturated carbocycles. The van der Waals surface area contributed by atoms with Gasteiger partial charge in [-0.05, 0) is 37.1 Å². The van der Waals surface area contributed by atoms with Crippen LogP contribution in [0.5, 0.6) is 11.5 Å². The van der Waals surface area contributed by atoms with Crippen LogP contribution in [0.2, 0.25) is 0 Å². The molecule has 2 aromatic rings. The number of carboxylic acids is 2. The third kappa shape index (κ3) is 5.74. The maximum Gasteiger partial charge on any atom is 2.00 e. The fourth-order valence-electron chi connectivity index (χ4n) is 1.65. The van der Waals surface area contributed by atoms with Crippen LogP contribution in [0.3, 0.4) is 0 Å². The molecular weight excluding hydrogens is 328 g/mol. The van der Waals surface area contributed by atoms with Gasteiger partial charge in [0, 0.05) is 11.1 Å². The van der Waals surface area contributed by atoms with Gasteiger partial charge in [0.15, 0.2) is 0 Å². The molecule has 2 N–H and O–H groups in total. The summed E-state index contributed by atoms with van der Waals surface area (Å²) in [7, 11) is 0. The second kappa shape index (κ2) is 9.39. The minimum atomic E-state index is -1.36. The first-order valence-electron chi connectivity index (χ1n) is 6.25. The summed E-state index contributed by atoms with van der Waals surface area (Å²) in [6, 6.07) is 8.97. The van der Waals surface area contributed by atoms with Crippen molar-refractivity contribution >= 4 is 49.7 Å². The number of hydrogen-bond donors (Lipinski definition) is 2. The molecule has 0 fully saturated rings. The second-order valence-electron chi connectivity index (χ2n) is 4.52. The molecule has 0 heterocycles. The number of carbonyl (C=O) groups is 2. The summed E-state index contributed by atoms with van der Waals surface area (Å²) in [5.74, 6) is -3.14. The van der Waals surface area contributed by atoms with E-state index in [9.17, 15) is 19.8 Å². The van der Waals surface area contributed by atoms with Crippen LogP contribution in [0.1, 0.15) is 31.8 Å². The summed E-state index contributed by atoms with van der Waals surface area (Å²) in [5.41, 5.74) is 0.744. The normalized spacial score (nSPS) is 9.13. The van der Waals surface area contributed by atoms with Crippen LogP contribution < -0.4 is 10.2 Å². The number of para-hydroxylation sites is 2. The summed E-state index contributed by atoms with van der Waals surface area (Å²) in [6.07, 6.45) is 0. The molecule has 2 aromatic carbocycles. The van der Waals surface area contributed by atoms with E-state index in [1.54, 1.807) is 38.1 Å². The number of aromatic carboxylic acids is 2. The van der Waals surface area contributed by atoms with Crippen LogP contribution in [0.25, 0.3) is 0 Å². The number of phenols is 2. The first-order valence-corrected chi connectivity index (χ1v) is 6.25. The number of benzene rings is 2. The minimum Gasteiger partial charge on any atom is -0.545 e. The Morgan fingerprint density at radius 3 is 1.30 bits per heavy atom. The first-order chi connectivity index (χ1) is 10.3. The number of carbonyl (C=O) groups excluding carboxylic acids is 2. The quantitative estimate of drug-likeness (QED) is 0.726. The van der Waals surface area contributed by atoms with Crippen molar-refractivity contribution < 1.29 is 30.0 Å². The number of carboxylic acid groups (broad SMARTS) is 2. The van der Waals surface area contributed by atoms with E-state index in [0.29, 0.717) is 11.1 Å². The van der Waals surface area contributed by atoms with Crippen molar-refractivity contribution in [2.75, 3.05) is 0 Å². The molecule has 0 spiro atoms. The van der Waals surface area contributed by atoms with E-state index in [1.807, 2.05) is 0 Å². The average Bonchev–Trinajstić information content (AvgIpc) is 2.45. The van der Waals surface area contributed by atoms with Crippen molar-refractivity contribution in [3.63, 3.8) is 0 Å². The zero-order valence-electron chi connectivity index (χ0n) is 12.7. The Morgan fingerprint density at radius 1 is 0.783 bits per heavy atom. The largest absolute Gasteiger partial charge is 2.00 e. The molecule has 6 nitrogen and oxygen atoms in total. The molecule has 0 unspecified atom stereocenters. The molecule has 0 atom stereocenters. The van der Waals surface area contributed by atoms with Gasteiger partial charge in [-0.15, -0.1) is 0 Å². The first kappa shape index (κ1) is 21.2. The fraction of sp³-hybridized carbons (Fsp3) is 0.125. The Bertz CT molecular complexity index is 650. The van der Waals surface area contributed by atoms with Gasteiger partial charge in [-0.25, -0.2) is 0 Å². The van der Waals surface area contributed by atoms with Gasteiger partial charge in [-0.3, -0.25) is 0 Å². The topological polar surface area (TPSA) is 121 Å². The molecule has 7 heteroatoms. The smallest absolute Gasteiger partial charge is 0.545 e. The molecule has 0 aliphatic rings. The van der Waals surface area contributed by atoms with E-state index in [2.05, 4.69) is 0 Å². The van der Waals surface area contributed by atoms with Crippen LogP contribution in [-0.2, 0) is 0 Å². The Balaban J connectivity index is 0.000000403. The Hall–Kier alpha value is -1.76. The van der Waals surface area contributed by atoms with Crippen molar-refractivity contribution in [3.05, 3.63) is 58.7 Å². The number of aromatic hydroxyl groups is 2. The SMILES string of the molecule is Cc1cccc(C(=O)[O-])c1O.Cc1cccc(C(=O)[O-])c1O.[Ca+2]. The summed E-state index contributed by atoms with van der Waals surface area (Å²) in [5, 5.41) is 38.9. The summed E-state index contributed by atoms with van der Waals surface area (Å²) in [6.45, 7) is 3.25. The van der Waals surface area contributed by atoms with Gasteiger partial charge in [0.2, 0.25) is 0 Å². The average molecular weight is 342 g/mol. The zero-order valence-corrected chi connectivity index (χ0v) is 14.9. The van der Waals surface area contributed by atoms with Crippen LogP contribution in [0, 0.1) is 13.8 Å². The molecule has 0 radical (unpaired) electrons. The van der Waals surface area contributed by atoms with E-state index in [-0.39, 0.29) is 60.4 Å². The van der Waals surface area contributed by atoms with Crippen LogP contribution >= 0.6 is 0 Å². The summed E-state index contributed by atoms with van der Waals surface area (Å²) >= 11 is 0. The van der Waals surface area contributed by atoms with Crippen molar-refractivity contribution in [3.8, 4) is 11.5 Å². The molecule has 23 heavy (non-hydrogen) atoms. The van der Waals surface area contributed by atoms with Crippen molar-refractivity contribution in [2.24, 2.45) is 0 Å². The van der Waals surface area contributed by atoms with Crippen LogP contribution in [0.4, 0.5) is 0 Å². The summed E-state index contributed by atoms with van der Waals surface area (Å²) in [4.78, 5) is 20.6. The van der Waals surface area contributed by atoms with E-state index in [4.69, 9.17) is 10.2 Å². The second-order valence-corrected chi connectivity index (χ2v) is 4.52. The van der Waals surface area contributed by atoms with Crippen LogP contribution in [0.15, 0.2) is 36.4 Å². The van der Waals surface area contributed by atoms with E-state index in [1.165, 1.54) is 12.1 Å². The van der Waals surface area contributed by atoms with E-state index < -0.39 is 11.9 Å². The van der Waals surface area contributed by atoms with E-state index in [0.717, 1.165) is 0 Å². The van der Waals surface area contributed by atoms with E-state index >= 15 is 0 Å². The van der Waals surface area contributed by atoms with Crippen molar-refractivity contribution in [1.29, 1.82) is 0 Å². The molecule has 116 valence electrons. The van der Waals surface area contributed by atoms with Crippen LogP contribution in [-0.4, -0.2) is 59.9 Å². The van der Waals surface area contributed by atoms with Gasteiger partial charge < -0.3 is 30.0 Å². The number of rotatable bonds is 2. The molecule has 0 aliphatic carbocycles. The number of hydrogen-bond acceptors (Lipinski definition) is 6. The fourth-order valence-corrected chi connectivity index (χ4v) is 1.65. The van der Waals surface area contributed by atoms with Gasteiger partial charge >= 0.3 is 37.7 Å². The zero-order chi connectivity index (χ0) is 16.9. The third-order valence-corrected chi connectivity index (χ3v) is 2.92. The van der Waals surface area contributed by atoms with Crippen molar-refractivity contribution in [2.45, 2.75) is 13.8 Å². The van der Waals surface area contributed by atoms with Gasteiger partial charge in [-0.2, -0.15) is 0 Å². The monoisotopic (exact) mass is 342 g/mol. The number of aryl methyl sites for hydroxylation is 2. The predicted octanol–water partition coefficient (Wildman–Crippen LogP) is -0.253. The Morgan fingerprint density at radius 2 is 1.09 bits per heavy atom. The standard InChI is InChI=1S/2C8H8O3.Ca/c2*1-5-3-2-4-6(7(5)9)8(10)11;/h2*2-4,9H,1H3,(H,10,11);/q;;+2/p-2. The molecule has 0 aliphatic heterocycles. The Labute approximate surface area is 163 Å². The molecule has 0 aromatic heterocycles. The molecule has 0 saturated heterocycles. The Kier molecular flexibility index (Phi) is 8.68. The minimum absolute atomic E-state index is 0. The van der Waals surface area contributed by atoms with Crippen molar-refractivity contribution in [1.82, 2.24) is 0 Å². The predicted molar refractivity (Wildman–Crippen MR) is 80.1 cm³/mol. The van der Waals surface area contributed by atoms with Gasteiger partial charge in [0.1, 0.15) is 11.5 Å². The molecular formula is C16H14CaO6. The van der Waals surface area contributed by atoms with Gasteiger partial charge in [0.25, 0.3) is 0 Å². The summed E-state index contributed by atoms with van der Waals surface area (Å²) < 4.78 is 0. The maximum atomic E-state index is 10.3. The molecule has 0 amide bonds. The van der Waals surface area contributed by atoms with Gasteiger partial charge in [0.05, 0.1) is 11.9 Å². The maximum absolute atomic E-state index is 10.3. The molecule has 0 bridgehead atoms. The molecule has 2 rings (SSSR count). The third-order valence-electron chi connectivity index (χ3n) is 2.92. The van der Waals surface area contributed by atoms with Gasteiger partial charge in [-0.1, -0.05) is 24.3 Å².